The monoisotopic (exact) mass is 273 g/mol. The highest BCUT2D eigenvalue weighted by atomic mass is 16.2. The van der Waals surface area contributed by atoms with Crippen LogP contribution in [0.5, 0.6) is 0 Å². The van der Waals surface area contributed by atoms with Gasteiger partial charge in [0.2, 0.25) is 0 Å². The Morgan fingerprint density at radius 1 is 1.05 bits per heavy atom. The summed E-state index contributed by atoms with van der Waals surface area (Å²) < 4.78 is 0. The van der Waals surface area contributed by atoms with Crippen molar-refractivity contribution in [1.82, 2.24) is 10.0 Å². The van der Waals surface area contributed by atoms with E-state index in [1.807, 2.05) is 31.3 Å². The van der Waals surface area contributed by atoms with Crippen LogP contribution >= 0.6 is 0 Å². The summed E-state index contributed by atoms with van der Waals surface area (Å²) in [5.41, 5.74) is 2.15. The molecule has 0 N–H and O–H groups in total. The summed E-state index contributed by atoms with van der Waals surface area (Å²) in [6.45, 7) is 3.00. The van der Waals surface area contributed by atoms with Crippen LogP contribution in [0.3, 0.4) is 0 Å². The van der Waals surface area contributed by atoms with E-state index in [4.69, 9.17) is 0 Å². The summed E-state index contributed by atoms with van der Waals surface area (Å²) in [7, 11) is 5.18. The summed E-state index contributed by atoms with van der Waals surface area (Å²) in [6.07, 6.45) is 1.64. The van der Waals surface area contributed by atoms with Gasteiger partial charge in [-0.2, -0.15) is 0 Å². The van der Waals surface area contributed by atoms with Crippen molar-refractivity contribution in [1.29, 1.82) is 0 Å². The maximum atomic E-state index is 11.9. The van der Waals surface area contributed by atoms with Gasteiger partial charge in [-0.15, -0.1) is 0 Å². The van der Waals surface area contributed by atoms with E-state index in [-0.39, 0.29) is 17.4 Å². The fourth-order valence-electron chi connectivity index (χ4n) is 2.01. The third-order valence-corrected chi connectivity index (χ3v) is 3.62. The molecule has 20 heavy (non-hydrogen) atoms. The Balaban J connectivity index is 2.27. The second-order valence-corrected chi connectivity index (χ2v) is 4.82. The van der Waals surface area contributed by atoms with Crippen LogP contribution in [0.25, 0.3) is 6.08 Å². The minimum Gasteiger partial charge on any atom is -0.375 e. The Morgan fingerprint density at radius 3 is 2.00 bits per heavy atom. The molecule has 0 atom stereocenters. The number of benzene rings is 1. The van der Waals surface area contributed by atoms with Crippen LogP contribution in [-0.2, 0) is 9.59 Å². The van der Waals surface area contributed by atoms with Gasteiger partial charge in [0, 0.05) is 33.4 Å². The van der Waals surface area contributed by atoms with Crippen LogP contribution in [0.1, 0.15) is 12.5 Å². The van der Waals surface area contributed by atoms with E-state index in [9.17, 15) is 9.59 Å². The minimum absolute atomic E-state index is 0.201. The van der Waals surface area contributed by atoms with Gasteiger partial charge < -0.3 is 4.90 Å². The Bertz CT molecular complexity index is 541. The summed E-state index contributed by atoms with van der Waals surface area (Å²) >= 11 is 0. The van der Waals surface area contributed by atoms with Gasteiger partial charge in [-0.1, -0.05) is 12.1 Å². The van der Waals surface area contributed by atoms with E-state index >= 15 is 0 Å². The molecule has 1 aliphatic heterocycles. The smallest absolute Gasteiger partial charge is 0.277 e. The van der Waals surface area contributed by atoms with Crippen molar-refractivity contribution in [3.05, 3.63) is 35.4 Å². The SMILES string of the molecule is CCN(C)c1ccc(C=C2C(=O)N(C)N(C)C2=O)cc1. The summed E-state index contributed by atoms with van der Waals surface area (Å²) in [6, 6.07) is 7.78. The topological polar surface area (TPSA) is 43.9 Å². The molecule has 0 bridgehead atoms. The van der Waals surface area contributed by atoms with E-state index in [0.717, 1.165) is 17.8 Å². The van der Waals surface area contributed by atoms with Gasteiger partial charge in [-0.3, -0.25) is 19.6 Å². The van der Waals surface area contributed by atoms with Gasteiger partial charge in [0.1, 0.15) is 5.57 Å². The number of hydrogen-bond acceptors (Lipinski definition) is 3. The van der Waals surface area contributed by atoms with E-state index in [1.54, 1.807) is 20.2 Å². The lowest BCUT2D eigenvalue weighted by Crippen LogP contribution is -2.33. The molecule has 1 aromatic carbocycles. The number of hydrogen-bond donors (Lipinski definition) is 0. The highest BCUT2D eigenvalue weighted by molar-refractivity contribution is 6.25. The third-order valence-electron chi connectivity index (χ3n) is 3.62. The van der Waals surface area contributed by atoms with E-state index < -0.39 is 0 Å². The highest BCUT2D eigenvalue weighted by Gasteiger charge is 2.35. The molecule has 1 fully saturated rings. The predicted octanol–water partition coefficient (Wildman–Crippen LogP) is 1.37. The standard InChI is InChI=1S/C15H19N3O2/c1-5-16(2)12-8-6-11(7-9-12)10-13-14(19)17(3)18(4)15(13)20/h6-10H,5H2,1-4H3. The molecule has 106 valence electrons. The molecule has 1 saturated heterocycles. The first kappa shape index (κ1) is 14.1. The van der Waals surface area contributed by atoms with Gasteiger partial charge in [-0.05, 0) is 30.7 Å². The lowest BCUT2D eigenvalue weighted by Gasteiger charge is -2.16. The van der Waals surface area contributed by atoms with Gasteiger partial charge in [0.15, 0.2) is 0 Å². The number of amides is 2. The number of anilines is 1. The molecule has 0 unspecified atom stereocenters. The van der Waals surface area contributed by atoms with E-state index in [0.29, 0.717) is 0 Å². The number of nitrogens with zero attached hydrogens (tertiary/aromatic N) is 3. The van der Waals surface area contributed by atoms with Crippen molar-refractivity contribution >= 4 is 23.6 Å². The molecule has 0 spiro atoms. The maximum Gasteiger partial charge on any atom is 0.277 e. The number of rotatable bonds is 3. The molecule has 0 aliphatic carbocycles. The lowest BCUT2D eigenvalue weighted by atomic mass is 10.1. The van der Waals surface area contributed by atoms with Crippen LogP contribution < -0.4 is 4.90 Å². The predicted molar refractivity (Wildman–Crippen MR) is 78.9 cm³/mol. The largest absolute Gasteiger partial charge is 0.375 e. The molecule has 2 amide bonds. The quantitative estimate of drug-likeness (QED) is 0.617. The molecule has 1 aromatic rings. The fraction of sp³-hybridized carbons (Fsp3) is 0.333. The molecule has 1 heterocycles. The lowest BCUT2D eigenvalue weighted by molar-refractivity contribution is -0.141. The average molecular weight is 273 g/mol. The van der Waals surface area contributed by atoms with Crippen molar-refractivity contribution < 1.29 is 9.59 Å². The zero-order chi connectivity index (χ0) is 14.9. The van der Waals surface area contributed by atoms with Gasteiger partial charge in [0.25, 0.3) is 11.8 Å². The van der Waals surface area contributed by atoms with E-state index in [2.05, 4.69) is 11.8 Å². The molecular weight excluding hydrogens is 254 g/mol. The van der Waals surface area contributed by atoms with Crippen LogP contribution in [-0.4, -0.2) is 49.5 Å². The second-order valence-electron chi connectivity index (χ2n) is 4.82. The van der Waals surface area contributed by atoms with Crippen LogP contribution in [0, 0.1) is 0 Å². The van der Waals surface area contributed by atoms with Gasteiger partial charge in [-0.25, -0.2) is 0 Å². The number of hydrazine groups is 1. The second kappa shape index (κ2) is 5.36. The zero-order valence-corrected chi connectivity index (χ0v) is 12.3. The van der Waals surface area contributed by atoms with Gasteiger partial charge in [0.05, 0.1) is 0 Å². The molecule has 2 rings (SSSR count). The van der Waals surface area contributed by atoms with Crippen molar-refractivity contribution in [2.45, 2.75) is 6.92 Å². The van der Waals surface area contributed by atoms with Crippen molar-refractivity contribution in [3.63, 3.8) is 0 Å². The first-order valence-corrected chi connectivity index (χ1v) is 6.54. The van der Waals surface area contributed by atoms with Crippen molar-refractivity contribution in [2.24, 2.45) is 0 Å². The van der Waals surface area contributed by atoms with Crippen molar-refractivity contribution in [2.75, 3.05) is 32.6 Å². The normalized spacial score (nSPS) is 15.1. The highest BCUT2D eigenvalue weighted by Crippen LogP contribution is 2.20. The van der Waals surface area contributed by atoms with Gasteiger partial charge >= 0.3 is 0 Å². The van der Waals surface area contributed by atoms with Crippen LogP contribution in [0.15, 0.2) is 29.8 Å². The van der Waals surface area contributed by atoms with E-state index in [1.165, 1.54) is 10.0 Å². The number of likely N-dealkylation sites (N-methyl/N-ethyl adjacent to an activating group) is 2. The molecule has 0 saturated carbocycles. The average Bonchev–Trinajstić information content (AvgIpc) is 2.65. The molecular formula is C15H19N3O2. The molecule has 0 radical (unpaired) electrons. The minimum atomic E-state index is -0.271. The zero-order valence-electron chi connectivity index (χ0n) is 12.3. The Kier molecular flexibility index (Phi) is 3.79. The number of carbonyl (C=O) groups is 2. The third kappa shape index (κ3) is 2.39. The molecule has 0 aromatic heterocycles. The Labute approximate surface area is 119 Å². The Morgan fingerprint density at radius 2 is 1.55 bits per heavy atom. The maximum absolute atomic E-state index is 11.9. The number of carbonyl (C=O) groups excluding carboxylic acids is 2. The summed E-state index contributed by atoms with van der Waals surface area (Å²) in [4.78, 5) is 26.0. The molecule has 1 aliphatic rings. The van der Waals surface area contributed by atoms with Crippen LogP contribution in [0.4, 0.5) is 5.69 Å². The fourth-order valence-corrected chi connectivity index (χ4v) is 2.01. The first-order valence-electron chi connectivity index (χ1n) is 6.54. The first-order chi connectivity index (χ1) is 9.45. The Hall–Kier alpha value is -2.30. The summed E-state index contributed by atoms with van der Waals surface area (Å²) in [5.74, 6) is -0.542. The summed E-state index contributed by atoms with van der Waals surface area (Å²) in [5, 5.41) is 2.63. The molecule has 5 heteroatoms. The molecule has 5 nitrogen and oxygen atoms in total. The van der Waals surface area contributed by atoms with Crippen LogP contribution in [0.2, 0.25) is 0 Å². The van der Waals surface area contributed by atoms with Crippen molar-refractivity contribution in [3.8, 4) is 0 Å².